The minimum absolute atomic E-state index is 0.108. The molecular weight excluding hydrogens is 152 g/mol. The standard InChI is InChI=1S/C10H18O2/c1-4-7(2)5-8(3)10-9(6-11)12-10/h4,7-11H,1,5-6H2,2-3H3/t7-,8-,9+,10-/m1/s1. The lowest BCUT2D eigenvalue weighted by Gasteiger charge is -2.11. The van der Waals surface area contributed by atoms with E-state index >= 15 is 0 Å². The zero-order chi connectivity index (χ0) is 9.14. The Hall–Kier alpha value is -0.340. The van der Waals surface area contributed by atoms with Crippen LogP contribution in [0.3, 0.4) is 0 Å². The Morgan fingerprint density at radius 2 is 2.25 bits per heavy atom. The van der Waals surface area contributed by atoms with Gasteiger partial charge in [0.2, 0.25) is 0 Å². The maximum absolute atomic E-state index is 8.77. The van der Waals surface area contributed by atoms with Crippen molar-refractivity contribution in [2.24, 2.45) is 11.8 Å². The van der Waals surface area contributed by atoms with E-state index in [1.54, 1.807) is 0 Å². The van der Waals surface area contributed by atoms with Crippen LogP contribution in [0.25, 0.3) is 0 Å². The third kappa shape index (κ3) is 2.32. The summed E-state index contributed by atoms with van der Waals surface area (Å²) in [6.07, 6.45) is 3.46. The van der Waals surface area contributed by atoms with Crippen molar-refractivity contribution >= 4 is 0 Å². The normalized spacial score (nSPS) is 32.6. The van der Waals surface area contributed by atoms with Gasteiger partial charge in [-0.1, -0.05) is 19.9 Å². The SMILES string of the molecule is C=C[C@@H](C)C[C@@H](C)[C@H]1O[C@H]1CO. The van der Waals surface area contributed by atoms with Crippen LogP contribution < -0.4 is 0 Å². The van der Waals surface area contributed by atoms with E-state index in [4.69, 9.17) is 9.84 Å². The molecule has 12 heavy (non-hydrogen) atoms. The fourth-order valence-corrected chi connectivity index (χ4v) is 1.62. The molecule has 0 aromatic rings. The van der Waals surface area contributed by atoms with Crippen LogP contribution in [0.5, 0.6) is 0 Å². The second kappa shape index (κ2) is 4.06. The van der Waals surface area contributed by atoms with Crippen LogP contribution in [-0.4, -0.2) is 23.9 Å². The van der Waals surface area contributed by atoms with Gasteiger partial charge in [0, 0.05) is 0 Å². The number of aliphatic hydroxyl groups excluding tert-OH is 1. The van der Waals surface area contributed by atoms with Gasteiger partial charge in [0.1, 0.15) is 6.10 Å². The molecule has 1 heterocycles. The molecular formula is C10H18O2. The molecule has 0 amide bonds. The van der Waals surface area contributed by atoms with E-state index in [-0.39, 0.29) is 18.8 Å². The number of aliphatic hydroxyl groups is 1. The summed E-state index contributed by atoms with van der Waals surface area (Å²) in [4.78, 5) is 0. The summed E-state index contributed by atoms with van der Waals surface area (Å²) in [6, 6.07) is 0. The molecule has 1 aliphatic heterocycles. The molecule has 2 nitrogen and oxygen atoms in total. The highest BCUT2D eigenvalue weighted by molar-refractivity contribution is 4.90. The summed E-state index contributed by atoms with van der Waals surface area (Å²) in [7, 11) is 0. The zero-order valence-electron chi connectivity index (χ0n) is 7.86. The number of rotatable bonds is 5. The van der Waals surface area contributed by atoms with E-state index in [1.807, 2.05) is 6.08 Å². The van der Waals surface area contributed by atoms with Gasteiger partial charge in [-0.15, -0.1) is 6.58 Å². The predicted octanol–water partition coefficient (Wildman–Crippen LogP) is 1.59. The predicted molar refractivity (Wildman–Crippen MR) is 48.9 cm³/mol. The van der Waals surface area contributed by atoms with Gasteiger partial charge in [-0.25, -0.2) is 0 Å². The van der Waals surface area contributed by atoms with Crippen LogP contribution in [0.2, 0.25) is 0 Å². The Morgan fingerprint density at radius 3 is 2.67 bits per heavy atom. The van der Waals surface area contributed by atoms with E-state index in [2.05, 4.69) is 20.4 Å². The summed E-state index contributed by atoms with van der Waals surface area (Å²) in [5, 5.41) is 8.77. The largest absolute Gasteiger partial charge is 0.394 e. The van der Waals surface area contributed by atoms with Crippen LogP contribution >= 0.6 is 0 Å². The molecule has 4 atom stereocenters. The highest BCUT2D eigenvalue weighted by Gasteiger charge is 2.42. The molecule has 1 aliphatic rings. The fourth-order valence-electron chi connectivity index (χ4n) is 1.62. The Morgan fingerprint density at radius 1 is 1.58 bits per heavy atom. The summed E-state index contributed by atoms with van der Waals surface area (Å²) >= 11 is 0. The molecule has 0 aromatic heterocycles. The van der Waals surface area contributed by atoms with Gasteiger partial charge in [-0.05, 0) is 18.3 Å². The maximum atomic E-state index is 8.77. The van der Waals surface area contributed by atoms with Gasteiger partial charge in [-0.2, -0.15) is 0 Å². The van der Waals surface area contributed by atoms with Gasteiger partial charge in [-0.3, -0.25) is 0 Å². The Labute approximate surface area is 74.2 Å². The summed E-state index contributed by atoms with van der Waals surface area (Å²) in [6.45, 7) is 8.23. The van der Waals surface area contributed by atoms with Crippen molar-refractivity contribution in [1.29, 1.82) is 0 Å². The third-order valence-corrected chi connectivity index (χ3v) is 2.51. The van der Waals surface area contributed by atoms with Crippen molar-refractivity contribution in [3.63, 3.8) is 0 Å². The van der Waals surface area contributed by atoms with Gasteiger partial charge >= 0.3 is 0 Å². The van der Waals surface area contributed by atoms with Crippen LogP contribution in [0.15, 0.2) is 12.7 Å². The number of allylic oxidation sites excluding steroid dienone is 1. The quantitative estimate of drug-likeness (QED) is 0.502. The van der Waals surface area contributed by atoms with E-state index in [0.717, 1.165) is 6.42 Å². The molecule has 0 unspecified atom stereocenters. The smallest absolute Gasteiger partial charge is 0.107 e. The van der Waals surface area contributed by atoms with E-state index in [1.165, 1.54) is 0 Å². The highest BCUT2D eigenvalue weighted by atomic mass is 16.6. The average molecular weight is 170 g/mol. The van der Waals surface area contributed by atoms with Crippen LogP contribution in [0.1, 0.15) is 20.3 Å². The Bertz CT molecular complexity index is 156. The molecule has 70 valence electrons. The summed E-state index contributed by atoms with van der Waals surface area (Å²) < 4.78 is 5.29. The van der Waals surface area contributed by atoms with Gasteiger partial charge in [0.25, 0.3) is 0 Å². The molecule has 0 saturated carbocycles. The molecule has 1 N–H and O–H groups in total. The minimum Gasteiger partial charge on any atom is -0.394 e. The molecule has 2 heteroatoms. The molecule has 0 aromatic carbocycles. The Kier molecular flexibility index (Phi) is 3.29. The molecule has 0 radical (unpaired) electrons. The van der Waals surface area contributed by atoms with E-state index in [9.17, 15) is 0 Å². The molecule has 0 aliphatic carbocycles. The van der Waals surface area contributed by atoms with E-state index < -0.39 is 0 Å². The van der Waals surface area contributed by atoms with Crippen molar-refractivity contribution in [2.45, 2.75) is 32.5 Å². The van der Waals surface area contributed by atoms with Crippen LogP contribution in [0.4, 0.5) is 0 Å². The van der Waals surface area contributed by atoms with Gasteiger partial charge in [0.05, 0.1) is 12.7 Å². The monoisotopic (exact) mass is 170 g/mol. The average Bonchev–Trinajstić information content (AvgIpc) is 2.82. The number of epoxide rings is 1. The zero-order valence-corrected chi connectivity index (χ0v) is 7.86. The van der Waals surface area contributed by atoms with Gasteiger partial charge in [0.15, 0.2) is 0 Å². The van der Waals surface area contributed by atoms with Crippen molar-refractivity contribution in [3.8, 4) is 0 Å². The van der Waals surface area contributed by atoms with Crippen molar-refractivity contribution in [1.82, 2.24) is 0 Å². The molecule has 1 saturated heterocycles. The lowest BCUT2D eigenvalue weighted by molar-refractivity contribution is 0.238. The highest BCUT2D eigenvalue weighted by Crippen LogP contribution is 2.32. The topological polar surface area (TPSA) is 32.8 Å². The Balaban J connectivity index is 2.21. The van der Waals surface area contributed by atoms with E-state index in [0.29, 0.717) is 11.8 Å². The van der Waals surface area contributed by atoms with Crippen molar-refractivity contribution in [3.05, 3.63) is 12.7 Å². The van der Waals surface area contributed by atoms with Crippen molar-refractivity contribution in [2.75, 3.05) is 6.61 Å². The van der Waals surface area contributed by atoms with Crippen molar-refractivity contribution < 1.29 is 9.84 Å². The first-order valence-electron chi connectivity index (χ1n) is 4.58. The van der Waals surface area contributed by atoms with Crippen LogP contribution in [0, 0.1) is 11.8 Å². The summed E-state index contributed by atoms with van der Waals surface area (Å²) in [5.41, 5.74) is 0. The number of hydrogen-bond donors (Lipinski definition) is 1. The molecule has 1 rings (SSSR count). The minimum atomic E-state index is 0.108. The molecule has 0 bridgehead atoms. The number of ether oxygens (including phenoxy) is 1. The van der Waals surface area contributed by atoms with Crippen LogP contribution in [-0.2, 0) is 4.74 Å². The molecule has 1 fully saturated rings. The fraction of sp³-hybridized carbons (Fsp3) is 0.800. The van der Waals surface area contributed by atoms with Gasteiger partial charge < -0.3 is 9.84 Å². The third-order valence-electron chi connectivity index (χ3n) is 2.51. The first-order valence-corrected chi connectivity index (χ1v) is 4.58. The second-order valence-electron chi connectivity index (χ2n) is 3.75. The lowest BCUT2D eigenvalue weighted by Crippen LogP contribution is -2.11. The molecule has 0 spiro atoms. The second-order valence-corrected chi connectivity index (χ2v) is 3.75. The number of hydrogen-bond acceptors (Lipinski definition) is 2. The first-order chi connectivity index (χ1) is 5.69. The lowest BCUT2D eigenvalue weighted by atomic mass is 9.93. The maximum Gasteiger partial charge on any atom is 0.107 e. The summed E-state index contributed by atoms with van der Waals surface area (Å²) in [5.74, 6) is 1.08. The first kappa shape index (κ1) is 9.75.